The number of hydrogen-bond donors (Lipinski definition) is 1. The molecule has 0 fully saturated rings. The first-order valence-electron chi connectivity index (χ1n) is 7.57. The molecular formula is C18H12Cl2N2O3. The summed E-state index contributed by atoms with van der Waals surface area (Å²) in [6, 6.07) is 10.4. The average molecular weight is 375 g/mol. The molecule has 2 heterocycles. The van der Waals surface area contributed by atoms with E-state index in [4.69, 9.17) is 32.7 Å². The molecule has 126 valence electrons. The first-order chi connectivity index (χ1) is 12.1. The molecule has 1 N–H and O–H groups in total. The summed E-state index contributed by atoms with van der Waals surface area (Å²) in [6.07, 6.45) is 1.71. The highest BCUT2D eigenvalue weighted by atomic mass is 35.5. The van der Waals surface area contributed by atoms with Gasteiger partial charge in [-0.15, -0.1) is 0 Å². The molecule has 1 aliphatic heterocycles. The van der Waals surface area contributed by atoms with Crippen molar-refractivity contribution in [3.05, 3.63) is 63.2 Å². The number of hydrogen-bond acceptors (Lipinski definition) is 4. The first-order valence-corrected chi connectivity index (χ1v) is 8.32. The van der Waals surface area contributed by atoms with Gasteiger partial charge in [-0.25, -0.2) is 4.98 Å². The summed E-state index contributed by atoms with van der Waals surface area (Å²) in [5.41, 5.74) is 1.04. The molecule has 4 rings (SSSR count). The second-order valence-corrected chi connectivity index (χ2v) is 6.32. The van der Waals surface area contributed by atoms with Crippen molar-refractivity contribution in [3.63, 3.8) is 0 Å². The van der Waals surface area contributed by atoms with E-state index in [1.807, 2.05) is 18.2 Å². The van der Waals surface area contributed by atoms with E-state index in [1.165, 1.54) is 0 Å². The lowest BCUT2D eigenvalue weighted by atomic mass is 10.1. The second-order valence-electron chi connectivity index (χ2n) is 5.47. The fourth-order valence-electron chi connectivity index (χ4n) is 2.59. The Morgan fingerprint density at radius 3 is 2.76 bits per heavy atom. The molecule has 0 saturated heterocycles. The van der Waals surface area contributed by atoms with E-state index in [2.05, 4.69) is 9.97 Å². The van der Waals surface area contributed by atoms with Gasteiger partial charge in [0.1, 0.15) is 13.2 Å². The zero-order valence-electron chi connectivity index (χ0n) is 12.9. The molecule has 25 heavy (non-hydrogen) atoms. The Morgan fingerprint density at radius 2 is 1.92 bits per heavy atom. The summed E-state index contributed by atoms with van der Waals surface area (Å²) in [5.74, 6) is 1.66. The Balaban J connectivity index is 1.74. The van der Waals surface area contributed by atoms with E-state index in [0.29, 0.717) is 45.7 Å². The summed E-state index contributed by atoms with van der Waals surface area (Å²) >= 11 is 12.3. The third-order valence-electron chi connectivity index (χ3n) is 3.75. The highest BCUT2D eigenvalue weighted by Gasteiger charge is 2.12. The van der Waals surface area contributed by atoms with Crippen LogP contribution in [0.1, 0.15) is 11.4 Å². The van der Waals surface area contributed by atoms with Crippen LogP contribution in [0, 0.1) is 0 Å². The number of ether oxygens (including phenoxy) is 2. The third kappa shape index (κ3) is 3.21. The molecule has 0 bridgehead atoms. The maximum atomic E-state index is 12.2. The van der Waals surface area contributed by atoms with Crippen molar-refractivity contribution < 1.29 is 9.47 Å². The Hall–Kier alpha value is -2.50. The van der Waals surface area contributed by atoms with Crippen LogP contribution in [0.25, 0.3) is 22.0 Å². The molecule has 0 aliphatic carbocycles. The number of nitrogens with zero attached hydrogens (tertiary/aromatic N) is 1. The monoisotopic (exact) mass is 374 g/mol. The van der Waals surface area contributed by atoms with Gasteiger partial charge in [-0.05, 0) is 42.0 Å². The highest BCUT2D eigenvalue weighted by molar-refractivity contribution is 6.50. The summed E-state index contributed by atoms with van der Waals surface area (Å²) < 4.78 is 11.0. The fraction of sp³-hybridized carbons (Fsp3) is 0.111. The van der Waals surface area contributed by atoms with Crippen LogP contribution in [0.5, 0.6) is 11.5 Å². The summed E-state index contributed by atoms with van der Waals surface area (Å²) in [5, 5.41) is 1.20. The molecule has 0 saturated carbocycles. The summed E-state index contributed by atoms with van der Waals surface area (Å²) in [4.78, 5) is 19.3. The lowest BCUT2D eigenvalue weighted by Crippen LogP contribution is -2.15. The van der Waals surface area contributed by atoms with Crippen LogP contribution in [0.2, 0.25) is 5.02 Å². The van der Waals surface area contributed by atoms with Crippen molar-refractivity contribution >= 4 is 45.2 Å². The van der Waals surface area contributed by atoms with Crippen LogP contribution < -0.4 is 15.0 Å². The van der Waals surface area contributed by atoms with Gasteiger partial charge in [-0.1, -0.05) is 29.3 Å². The Morgan fingerprint density at radius 1 is 1.12 bits per heavy atom. The van der Waals surface area contributed by atoms with Crippen LogP contribution in [-0.4, -0.2) is 23.2 Å². The lowest BCUT2D eigenvalue weighted by molar-refractivity contribution is 0.171. The van der Waals surface area contributed by atoms with Gasteiger partial charge >= 0.3 is 0 Å². The Kier molecular flexibility index (Phi) is 4.11. The number of nitrogens with one attached hydrogen (secondary N) is 1. The highest BCUT2D eigenvalue weighted by Crippen LogP contribution is 2.32. The number of halogens is 2. The second kappa shape index (κ2) is 6.43. The topological polar surface area (TPSA) is 64.2 Å². The van der Waals surface area contributed by atoms with Crippen LogP contribution in [0.4, 0.5) is 0 Å². The summed E-state index contributed by atoms with van der Waals surface area (Å²) in [6.45, 7) is 1.05. The lowest BCUT2D eigenvalue weighted by Gasteiger charge is -2.18. The third-order valence-corrected chi connectivity index (χ3v) is 4.28. The molecule has 0 atom stereocenters. The molecule has 0 amide bonds. The van der Waals surface area contributed by atoms with Gasteiger partial charge in [0.2, 0.25) is 0 Å². The number of aromatic nitrogens is 2. The Labute approximate surface area is 152 Å². The minimum Gasteiger partial charge on any atom is -0.486 e. The van der Waals surface area contributed by atoms with Crippen LogP contribution in [0.15, 0.2) is 41.2 Å². The van der Waals surface area contributed by atoms with E-state index in [9.17, 15) is 4.79 Å². The van der Waals surface area contributed by atoms with Gasteiger partial charge in [-0.3, -0.25) is 4.79 Å². The average Bonchev–Trinajstić information content (AvgIpc) is 2.62. The summed E-state index contributed by atoms with van der Waals surface area (Å²) in [7, 11) is 0. The number of rotatable bonds is 2. The van der Waals surface area contributed by atoms with Gasteiger partial charge in [0, 0.05) is 5.02 Å². The van der Waals surface area contributed by atoms with Crippen molar-refractivity contribution in [3.8, 4) is 11.5 Å². The number of benzene rings is 2. The molecule has 0 spiro atoms. The van der Waals surface area contributed by atoms with Crippen LogP contribution in [0.3, 0.4) is 0 Å². The molecule has 1 aliphatic rings. The van der Waals surface area contributed by atoms with Crippen molar-refractivity contribution in [1.29, 1.82) is 0 Å². The molecular weight excluding hydrogens is 363 g/mol. The van der Waals surface area contributed by atoms with Gasteiger partial charge < -0.3 is 14.5 Å². The van der Waals surface area contributed by atoms with Crippen LogP contribution in [-0.2, 0) is 0 Å². The molecule has 0 unspecified atom stereocenters. The molecule has 3 aromatic rings. The largest absolute Gasteiger partial charge is 0.486 e. The van der Waals surface area contributed by atoms with Gasteiger partial charge in [0.15, 0.2) is 17.3 Å². The van der Waals surface area contributed by atoms with E-state index < -0.39 is 0 Å². The van der Waals surface area contributed by atoms with E-state index in [0.717, 1.165) is 5.56 Å². The maximum absolute atomic E-state index is 12.2. The zero-order valence-corrected chi connectivity index (χ0v) is 14.4. The first kappa shape index (κ1) is 16.0. The maximum Gasteiger partial charge on any atom is 0.259 e. The normalized spacial score (nSPS) is 13.9. The Bertz CT molecular complexity index is 1060. The predicted molar refractivity (Wildman–Crippen MR) is 98.5 cm³/mol. The fourth-order valence-corrected chi connectivity index (χ4v) is 2.98. The van der Waals surface area contributed by atoms with Gasteiger partial charge in [0.05, 0.1) is 15.9 Å². The van der Waals surface area contributed by atoms with Crippen molar-refractivity contribution in [1.82, 2.24) is 9.97 Å². The van der Waals surface area contributed by atoms with Crippen LogP contribution >= 0.6 is 23.2 Å². The predicted octanol–water partition coefficient (Wildman–Crippen LogP) is 4.08. The minimum absolute atomic E-state index is 0.288. The van der Waals surface area contributed by atoms with Crippen molar-refractivity contribution in [2.24, 2.45) is 0 Å². The number of aromatic amines is 1. The van der Waals surface area contributed by atoms with E-state index >= 15 is 0 Å². The van der Waals surface area contributed by atoms with E-state index in [1.54, 1.807) is 24.3 Å². The molecule has 2 aromatic carbocycles. The number of fused-ring (bicyclic) bond motifs is 2. The molecule has 1 aromatic heterocycles. The molecule has 5 nitrogen and oxygen atoms in total. The minimum atomic E-state index is -0.295. The van der Waals surface area contributed by atoms with Gasteiger partial charge in [0.25, 0.3) is 5.56 Å². The quantitative estimate of drug-likeness (QED) is 0.733. The SMILES string of the molecule is O=c1[nH]c(/C(Cl)=C/c2ccc3c(c2)OCCO3)nc2ccc(Cl)cc12. The standard InChI is InChI=1S/C18H12Cl2N2O3/c19-11-2-3-14-12(9-11)18(23)22-17(21-14)13(20)7-10-1-4-15-16(8-10)25-6-5-24-15/h1-4,7-9H,5-6H2,(H,21,22,23)/b13-7-. The smallest absolute Gasteiger partial charge is 0.259 e. The van der Waals surface area contributed by atoms with Crippen molar-refractivity contribution in [2.45, 2.75) is 0 Å². The van der Waals surface area contributed by atoms with Gasteiger partial charge in [-0.2, -0.15) is 0 Å². The molecule has 0 radical (unpaired) electrons. The van der Waals surface area contributed by atoms with Crippen molar-refractivity contribution in [2.75, 3.05) is 13.2 Å². The number of H-pyrrole nitrogens is 1. The zero-order chi connectivity index (χ0) is 17.4. The molecule has 7 heteroatoms. The van der Waals surface area contributed by atoms with E-state index in [-0.39, 0.29) is 11.4 Å².